The van der Waals surface area contributed by atoms with Crippen LogP contribution in [-0.2, 0) is 0 Å². The molecule has 3 rings (SSSR count). The molecular formula is C14H9BrN4O2. The van der Waals surface area contributed by atoms with Gasteiger partial charge < -0.3 is 9.73 Å². The molecule has 7 heteroatoms. The fourth-order valence-corrected chi connectivity index (χ4v) is 2.21. The fraction of sp³-hybridized carbons (Fsp3) is 0. The molecule has 2 heterocycles. The van der Waals surface area contributed by atoms with E-state index in [2.05, 4.69) is 36.4 Å². The van der Waals surface area contributed by atoms with Crippen molar-refractivity contribution in [1.82, 2.24) is 15.2 Å². The summed E-state index contributed by atoms with van der Waals surface area (Å²) in [6.07, 6.45) is 2.82. The molecule has 0 fully saturated rings. The van der Waals surface area contributed by atoms with Gasteiger partial charge in [0.1, 0.15) is 5.69 Å². The minimum absolute atomic E-state index is 0.301. The third-order valence-electron chi connectivity index (χ3n) is 2.70. The van der Waals surface area contributed by atoms with Gasteiger partial charge >= 0.3 is 0 Å². The highest BCUT2D eigenvalue weighted by Crippen LogP contribution is 2.21. The van der Waals surface area contributed by atoms with E-state index in [1.807, 2.05) is 6.07 Å². The molecule has 21 heavy (non-hydrogen) atoms. The van der Waals surface area contributed by atoms with Crippen LogP contribution < -0.4 is 5.32 Å². The molecule has 0 spiro atoms. The molecule has 0 atom stereocenters. The quantitative estimate of drug-likeness (QED) is 0.789. The Kier molecular flexibility index (Phi) is 3.74. The van der Waals surface area contributed by atoms with Crippen LogP contribution in [0.5, 0.6) is 0 Å². The zero-order chi connectivity index (χ0) is 14.7. The Hall–Kier alpha value is -2.54. The van der Waals surface area contributed by atoms with Gasteiger partial charge in [-0.2, -0.15) is 0 Å². The number of pyridine rings is 1. The number of carbonyl (C=O) groups excluding carboxylic acids is 1. The van der Waals surface area contributed by atoms with E-state index in [9.17, 15) is 4.79 Å². The van der Waals surface area contributed by atoms with Crippen molar-refractivity contribution in [3.63, 3.8) is 0 Å². The molecule has 0 radical (unpaired) electrons. The van der Waals surface area contributed by atoms with Crippen LogP contribution in [0, 0.1) is 0 Å². The summed E-state index contributed by atoms with van der Waals surface area (Å²) in [5.41, 5.74) is 1.67. The number of nitrogens with zero attached hydrogens (tertiary/aromatic N) is 3. The fourth-order valence-electron chi connectivity index (χ4n) is 1.77. The lowest BCUT2D eigenvalue weighted by Gasteiger charge is -2.06. The van der Waals surface area contributed by atoms with E-state index >= 15 is 0 Å². The zero-order valence-corrected chi connectivity index (χ0v) is 12.2. The third-order valence-corrected chi connectivity index (χ3v) is 3.34. The Labute approximate surface area is 128 Å². The van der Waals surface area contributed by atoms with Crippen LogP contribution in [0.4, 0.5) is 5.69 Å². The molecule has 3 aromatic rings. The Bertz CT molecular complexity index is 774. The Morgan fingerprint density at radius 2 is 2.14 bits per heavy atom. The standard InChI is InChI=1S/C14H9BrN4O2/c15-11-5-2-6-16-12(11)13(20)18-10-4-1-3-9(7-10)14-19-17-8-21-14/h1-8H,(H,18,20). The van der Waals surface area contributed by atoms with Crippen LogP contribution in [0.3, 0.4) is 0 Å². The summed E-state index contributed by atoms with van der Waals surface area (Å²) in [6, 6.07) is 10.6. The molecule has 1 amide bonds. The minimum atomic E-state index is -0.301. The van der Waals surface area contributed by atoms with Crippen molar-refractivity contribution >= 4 is 27.5 Å². The molecule has 104 valence electrons. The Morgan fingerprint density at radius 3 is 2.90 bits per heavy atom. The van der Waals surface area contributed by atoms with E-state index in [1.165, 1.54) is 6.39 Å². The number of rotatable bonds is 3. The number of anilines is 1. The van der Waals surface area contributed by atoms with Gasteiger partial charge in [-0.25, -0.2) is 4.98 Å². The zero-order valence-electron chi connectivity index (χ0n) is 10.7. The maximum Gasteiger partial charge on any atom is 0.275 e. The monoisotopic (exact) mass is 344 g/mol. The summed E-state index contributed by atoms with van der Waals surface area (Å²) in [4.78, 5) is 16.2. The average molecular weight is 345 g/mol. The molecule has 0 bridgehead atoms. The predicted molar refractivity (Wildman–Crippen MR) is 79.6 cm³/mol. The number of hydrogen-bond acceptors (Lipinski definition) is 5. The second-order valence-corrected chi connectivity index (χ2v) is 4.97. The first-order valence-electron chi connectivity index (χ1n) is 6.02. The lowest BCUT2D eigenvalue weighted by molar-refractivity contribution is 0.102. The lowest BCUT2D eigenvalue weighted by Crippen LogP contribution is -2.14. The van der Waals surface area contributed by atoms with Crippen molar-refractivity contribution < 1.29 is 9.21 Å². The van der Waals surface area contributed by atoms with Crippen LogP contribution >= 0.6 is 15.9 Å². The van der Waals surface area contributed by atoms with Crippen molar-refractivity contribution in [2.45, 2.75) is 0 Å². The topological polar surface area (TPSA) is 80.9 Å². The molecule has 0 aliphatic heterocycles. The highest BCUT2D eigenvalue weighted by Gasteiger charge is 2.12. The first-order valence-corrected chi connectivity index (χ1v) is 6.82. The van der Waals surface area contributed by atoms with E-state index in [4.69, 9.17) is 4.42 Å². The molecule has 2 aromatic heterocycles. The van der Waals surface area contributed by atoms with Crippen LogP contribution in [-0.4, -0.2) is 21.1 Å². The summed E-state index contributed by atoms with van der Waals surface area (Å²) in [6.45, 7) is 0. The predicted octanol–water partition coefficient (Wildman–Crippen LogP) is 3.15. The second-order valence-electron chi connectivity index (χ2n) is 4.11. The molecular weight excluding hydrogens is 336 g/mol. The van der Waals surface area contributed by atoms with Crippen molar-refractivity contribution in [1.29, 1.82) is 0 Å². The highest BCUT2D eigenvalue weighted by molar-refractivity contribution is 9.10. The largest absolute Gasteiger partial charge is 0.423 e. The van der Waals surface area contributed by atoms with Gasteiger partial charge in [-0.3, -0.25) is 4.79 Å². The van der Waals surface area contributed by atoms with Crippen LogP contribution in [0.25, 0.3) is 11.5 Å². The number of nitrogens with one attached hydrogen (secondary N) is 1. The maximum atomic E-state index is 12.2. The van der Waals surface area contributed by atoms with Gasteiger partial charge in [-0.1, -0.05) is 6.07 Å². The summed E-state index contributed by atoms with van der Waals surface area (Å²) in [7, 11) is 0. The normalized spacial score (nSPS) is 10.3. The van der Waals surface area contributed by atoms with Gasteiger partial charge in [-0.05, 0) is 46.3 Å². The molecule has 1 N–H and O–H groups in total. The number of amides is 1. The van der Waals surface area contributed by atoms with E-state index in [-0.39, 0.29) is 5.91 Å². The number of hydrogen-bond donors (Lipinski definition) is 1. The van der Waals surface area contributed by atoms with Crippen LogP contribution in [0.15, 0.2) is 57.9 Å². The molecule has 0 saturated carbocycles. The highest BCUT2D eigenvalue weighted by atomic mass is 79.9. The molecule has 0 aliphatic carbocycles. The van der Waals surface area contributed by atoms with Gasteiger partial charge in [0.2, 0.25) is 12.3 Å². The van der Waals surface area contributed by atoms with E-state index < -0.39 is 0 Å². The first-order chi connectivity index (χ1) is 10.2. The van der Waals surface area contributed by atoms with E-state index in [1.54, 1.807) is 36.5 Å². The third kappa shape index (κ3) is 2.97. The summed E-state index contributed by atoms with van der Waals surface area (Å²) in [5.74, 6) is 0.0928. The summed E-state index contributed by atoms with van der Waals surface area (Å²) >= 11 is 3.30. The van der Waals surface area contributed by atoms with Crippen molar-refractivity contribution in [2.75, 3.05) is 5.32 Å². The number of carbonyl (C=O) groups is 1. The molecule has 6 nitrogen and oxygen atoms in total. The van der Waals surface area contributed by atoms with Gasteiger partial charge in [0.15, 0.2) is 0 Å². The molecule has 0 aliphatic rings. The maximum absolute atomic E-state index is 12.2. The number of halogens is 1. The van der Waals surface area contributed by atoms with Gasteiger partial charge in [0.25, 0.3) is 5.91 Å². The lowest BCUT2D eigenvalue weighted by atomic mass is 10.2. The Morgan fingerprint density at radius 1 is 1.24 bits per heavy atom. The molecule has 0 unspecified atom stereocenters. The Balaban J connectivity index is 1.84. The molecule has 0 saturated heterocycles. The number of benzene rings is 1. The minimum Gasteiger partial charge on any atom is -0.423 e. The summed E-state index contributed by atoms with van der Waals surface area (Å²) in [5, 5.41) is 10.2. The smallest absolute Gasteiger partial charge is 0.275 e. The van der Waals surface area contributed by atoms with Gasteiger partial charge in [0, 0.05) is 21.9 Å². The van der Waals surface area contributed by atoms with E-state index in [0.717, 1.165) is 5.56 Å². The summed E-state index contributed by atoms with van der Waals surface area (Å²) < 4.78 is 5.76. The molecule has 1 aromatic carbocycles. The van der Waals surface area contributed by atoms with Gasteiger partial charge in [-0.15, -0.1) is 10.2 Å². The second kappa shape index (κ2) is 5.84. The van der Waals surface area contributed by atoms with Crippen molar-refractivity contribution in [3.05, 3.63) is 59.2 Å². The van der Waals surface area contributed by atoms with Crippen molar-refractivity contribution in [3.8, 4) is 11.5 Å². The average Bonchev–Trinajstić information content (AvgIpc) is 3.02. The first kappa shape index (κ1) is 13.4. The van der Waals surface area contributed by atoms with Gasteiger partial charge in [0.05, 0.1) is 0 Å². The van der Waals surface area contributed by atoms with Crippen LogP contribution in [0.1, 0.15) is 10.5 Å². The van der Waals surface area contributed by atoms with Crippen molar-refractivity contribution in [2.24, 2.45) is 0 Å². The number of aromatic nitrogens is 3. The van der Waals surface area contributed by atoms with Crippen LogP contribution in [0.2, 0.25) is 0 Å². The van der Waals surface area contributed by atoms with E-state index in [0.29, 0.717) is 21.7 Å². The SMILES string of the molecule is O=C(Nc1cccc(-c2nnco2)c1)c1ncccc1Br.